The van der Waals surface area contributed by atoms with Crippen molar-refractivity contribution >= 4 is 39.4 Å². The Hall–Kier alpha value is -2.21. The van der Waals surface area contributed by atoms with Crippen molar-refractivity contribution in [3.8, 4) is 0 Å². The van der Waals surface area contributed by atoms with Crippen LogP contribution in [-0.4, -0.2) is 34.8 Å². The number of hydrogen-bond donors (Lipinski definition) is 1. The van der Waals surface area contributed by atoms with Crippen LogP contribution in [0.1, 0.15) is 17.8 Å². The van der Waals surface area contributed by atoms with Gasteiger partial charge in [-0.1, -0.05) is 12.1 Å². The van der Waals surface area contributed by atoms with Gasteiger partial charge in [0, 0.05) is 19.2 Å². The first kappa shape index (κ1) is 14.7. The summed E-state index contributed by atoms with van der Waals surface area (Å²) in [6.45, 7) is 1.09. The van der Waals surface area contributed by atoms with E-state index >= 15 is 0 Å². The SMILES string of the molecule is NC(=O)[C@@H]1CCCN(C(=O)/C=C/c2nc3ccccc3s2)C1. The number of thiazole rings is 1. The molecule has 1 fully saturated rings. The largest absolute Gasteiger partial charge is 0.369 e. The van der Waals surface area contributed by atoms with Crippen molar-refractivity contribution in [3.05, 3.63) is 35.3 Å². The van der Waals surface area contributed by atoms with E-state index in [1.807, 2.05) is 24.3 Å². The van der Waals surface area contributed by atoms with Crippen LogP contribution in [0.5, 0.6) is 0 Å². The number of aromatic nitrogens is 1. The number of rotatable bonds is 3. The highest BCUT2D eigenvalue weighted by Crippen LogP contribution is 2.22. The van der Waals surface area contributed by atoms with Crippen molar-refractivity contribution < 1.29 is 9.59 Å². The fourth-order valence-corrected chi connectivity index (χ4v) is 3.49. The number of piperidine rings is 1. The second kappa shape index (κ2) is 6.27. The second-order valence-corrected chi connectivity index (χ2v) is 6.44. The molecular weight excluding hydrogens is 298 g/mol. The number of carbonyl (C=O) groups excluding carboxylic acids is 2. The number of likely N-dealkylation sites (tertiary alicyclic amines) is 1. The van der Waals surface area contributed by atoms with Crippen molar-refractivity contribution in [2.75, 3.05) is 13.1 Å². The third-order valence-electron chi connectivity index (χ3n) is 3.81. The molecule has 5 nitrogen and oxygen atoms in total. The standard InChI is InChI=1S/C16H17N3O2S/c17-16(21)11-4-3-9-19(10-11)15(20)8-7-14-18-12-5-1-2-6-13(12)22-14/h1-2,5-8,11H,3-4,9-10H2,(H2,17,21)/b8-7+/t11-/m1/s1. The molecule has 2 amide bonds. The number of benzene rings is 1. The van der Waals surface area contributed by atoms with Gasteiger partial charge in [-0.2, -0.15) is 0 Å². The van der Waals surface area contributed by atoms with Gasteiger partial charge in [0.25, 0.3) is 0 Å². The number of para-hydroxylation sites is 1. The summed E-state index contributed by atoms with van der Waals surface area (Å²) < 4.78 is 1.10. The van der Waals surface area contributed by atoms with Crippen molar-refractivity contribution in [3.63, 3.8) is 0 Å². The van der Waals surface area contributed by atoms with Gasteiger partial charge in [-0.25, -0.2) is 4.98 Å². The average molecular weight is 315 g/mol. The minimum absolute atomic E-state index is 0.0924. The van der Waals surface area contributed by atoms with E-state index in [9.17, 15) is 9.59 Å². The van der Waals surface area contributed by atoms with Gasteiger partial charge in [0.05, 0.1) is 16.1 Å². The van der Waals surface area contributed by atoms with Crippen LogP contribution in [0.15, 0.2) is 30.3 Å². The highest BCUT2D eigenvalue weighted by molar-refractivity contribution is 7.19. The zero-order valence-electron chi connectivity index (χ0n) is 12.1. The zero-order chi connectivity index (χ0) is 15.5. The van der Waals surface area contributed by atoms with E-state index in [1.165, 1.54) is 6.08 Å². The molecule has 22 heavy (non-hydrogen) atoms. The maximum absolute atomic E-state index is 12.2. The van der Waals surface area contributed by atoms with E-state index < -0.39 is 0 Å². The Morgan fingerprint density at radius 3 is 2.95 bits per heavy atom. The third-order valence-corrected chi connectivity index (χ3v) is 4.82. The number of amides is 2. The van der Waals surface area contributed by atoms with Crippen molar-refractivity contribution in [2.24, 2.45) is 11.7 Å². The molecular formula is C16H17N3O2S. The van der Waals surface area contributed by atoms with E-state index in [-0.39, 0.29) is 17.7 Å². The predicted molar refractivity (Wildman–Crippen MR) is 87.2 cm³/mol. The van der Waals surface area contributed by atoms with Gasteiger partial charge in [-0.3, -0.25) is 9.59 Å². The van der Waals surface area contributed by atoms with E-state index in [2.05, 4.69) is 4.98 Å². The van der Waals surface area contributed by atoms with Crippen LogP contribution in [0.25, 0.3) is 16.3 Å². The van der Waals surface area contributed by atoms with Crippen LogP contribution in [0.3, 0.4) is 0 Å². The number of hydrogen-bond acceptors (Lipinski definition) is 4. The number of carbonyl (C=O) groups is 2. The molecule has 2 N–H and O–H groups in total. The Bertz CT molecular complexity index is 705. The Kier molecular flexibility index (Phi) is 4.20. The smallest absolute Gasteiger partial charge is 0.246 e. The lowest BCUT2D eigenvalue weighted by atomic mass is 9.97. The maximum Gasteiger partial charge on any atom is 0.246 e. The van der Waals surface area contributed by atoms with Crippen LogP contribution in [0.4, 0.5) is 0 Å². The van der Waals surface area contributed by atoms with Crippen molar-refractivity contribution in [1.29, 1.82) is 0 Å². The molecule has 1 aliphatic heterocycles. The molecule has 6 heteroatoms. The average Bonchev–Trinajstić information content (AvgIpc) is 2.95. The lowest BCUT2D eigenvalue weighted by Crippen LogP contribution is -2.43. The highest BCUT2D eigenvalue weighted by Gasteiger charge is 2.25. The van der Waals surface area contributed by atoms with Gasteiger partial charge in [-0.15, -0.1) is 11.3 Å². The Labute approximate surface area is 132 Å². The summed E-state index contributed by atoms with van der Waals surface area (Å²) >= 11 is 1.55. The Morgan fingerprint density at radius 2 is 2.18 bits per heavy atom. The quantitative estimate of drug-likeness (QED) is 0.881. The fraction of sp³-hybridized carbons (Fsp3) is 0.312. The van der Waals surface area contributed by atoms with Crippen LogP contribution in [0, 0.1) is 5.92 Å². The van der Waals surface area contributed by atoms with Gasteiger partial charge in [-0.05, 0) is 31.1 Å². The van der Waals surface area contributed by atoms with Gasteiger partial charge < -0.3 is 10.6 Å². The molecule has 114 valence electrons. The molecule has 2 heterocycles. The van der Waals surface area contributed by atoms with Gasteiger partial charge in [0.15, 0.2) is 0 Å². The van der Waals surface area contributed by atoms with Gasteiger partial charge in [0.1, 0.15) is 5.01 Å². The summed E-state index contributed by atoms with van der Waals surface area (Å²) in [6, 6.07) is 7.87. The topological polar surface area (TPSA) is 76.3 Å². The molecule has 0 unspecified atom stereocenters. The van der Waals surface area contributed by atoms with Crippen LogP contribution in [-0.2, 0) is 9.59 Å². The summed E-state index contributed by atoms with van der Waals surface area (Å²) in [4.78, 5) is 29.6. The first-order valence-electron chi connectivity index (χ1n) is 7.25. The number of primary amides is 1. The van der Waals surface area contributed by atoms with Crippen LogP contribution < -0.4 is 5.73 Å². The summed E-state index contributed by atoms with van der Waals surface area (Å²) in [7, 11) is 0. The molecule has 3 rings (SSSR count). The van der Waals surface area contributed by atoms with Crippen LogP contribution in [0.2, 0.25) is 0 Å². The Balaban J connectivity index is 1.69. The normalized spacial score (nSPS) is 18.9. The zero-order valence-corrected chi connectivity index (χ0v) is 12.9. The van der Waals surface area contributed by atoms with Crippen LogP contribution >= 0.6 is 11.3 Å². The molecule has 1 aromatic carbocycles. The highest BCUT2D eigenvalue weighted by atomic mass is 32.1. The third kappa shape index (κ3) is 3.17. The minimum Gasteiger partial charge on any atom is -0.369 e. The second-order valence-electron chi connectivity index (χ2n) is 5.38. The predicted octanol–water partition coefficient (Wildman–Crippen LogP) is 2.03. The molecule has 0 aliphatic carbocycles. The number of nitrogens with two attached hydrogens (primary N) is 1. The monoisotopic (exact) mass is 315 g/mol. The molecule has 0 spiro atoms. The van der Waals surface area contributed by atoms with E-state index in [1.54, 1.807) is 22.3 Å². The van der Waals surface area contributed by atoms with E-state index in [0.29, 0.717) is 13.1 Å². The molecule has 0 saturated carbocycles. The molecule has 0 radical (unpaired) electrons. The molecule has 1 atom stereocenters. The molecule has 1 saturated heterocycles. The Morgan fingerprint density at radius 1 is 1.36 bits per heavy atom. The summed E-state index contributed by atoms with van der Waals surface area (Å²) in [5.41, 5.74) is 6.27. The van der Waals surface area contributed by atoms with Gasteiger partial charge in [0.2, 0.25) is 11.8 Å². The lowest BCUT2D eigenvalue weighted by molar-refractivity contribution is -0.130. The molecule has 1 aromatic heterocycles. The first-order valence-corrected chi connectivity index (χ1v) is 8.07. The minimum atomic E-state index is -0.326. The molecule has 1 aliphatic rings. The van der Waals surface area contributed by atoms with Crippen molar-refractivity contribution in [2.45, 2.75) is 12.8 Å². The summed E-state index contributed by atoms with van der Waals surface area (Å²) in [5.74, 6) is -0.647. The maximum atomic E-state index is 12.2. The molecule has 0 bridgehead atoms. The number of fused-ring (bicyclic) bond motifs is 1. The summed E-state index contributed by atoms with van der Waals surface area (Å²) in [5, 5.41) is 0.804. The molecule has 2 aromatic rings. The first-order chi connectivity index (χ1) is 10.6. The van der Waals surface area contributed by atoms with Crippen molar-refractivity contribution in [1.82, 2.24) is 9.88 Å². The van der Waals surface area contributed by atoms with Gasteiger partial charge >= 0.3 is 0 Å². The lowest BCUT2D eigenvalue weighted by Gasteiger charge is -2.30. The van der Waals surface area contributed by atoms with E-state index in [4.69, 9.17) is 5.73 Å². The van der Waals surface area contributed by atoms with E-state index in [0.717, 1.165) is 28.1 Å². The fourth-order valence-electron chi connectivity index (χ4n) is 2.62. The number of nitrogens with zero attached hydrogens (tertiary/aromatic N) is 2. The summed E-state index contributed by atoms with van der Waals surface area (Å²) in [6.07, 6.45) is 4.84.